The van der Waals surface area contributed by atoms with Gasteiger partial charge in [-0.25, -0.2) is 9.18 Å². The number of esters is 1. The Morgan fingerprint density at radius 1 is 1.56 bits per heavy atom. The number of benzene rings is 1. The van der Waals surface area contributed by atoms with Crippen LogP contribution in [0, 0.1) is 5.82 Å². The van der Waals surface area contributed by atoms with Crippen LogP contribution in [0.3, 0.4) is 0 Å². The van der Waals surface area contributed by atoms with Gasteiger partial charge in [-0.05, 0) is 24.1 Å². The summed E-state index contributed by atoms with van der Waals surface area (Å²) in [5, 5.41) is 12.1. The summed E-state index contributed by atoms with van der Waals surface area (Å²) in [5.41, 5.74) is 0.641. The van der Waals surface area contributed by atoms with Crippen molar-refractivity contribution in [1.82, 2.24) is 5.32 Å². The summed E-state index contributed by atoms with van der Waals surface area (Å²) < 4.78 is 18.1. The Morgan fingerprint density at radius 2 is 2.28 bits per heavy atom. The van der Waals surface area contributed by atoms with E-state index in [-0.39, 0.29) is 18.2 Å². The van der Waals surface area contributed by atoms with Crippen molar-refractivity contribution in [2.45, 2.75) is 25.9 Å². The zero-order valence-corrected chi connectivity index (χ0v) is 10.6. The van der Waals surface area contributed by atoms with Gasteiger partial charge in [-0.3, -0.25) is 0 Å². The van der Waals surface area contributed by atoms with Crippen molar-refractivity contribution >= 4 is 5.97 Å². The molecule has 0 bridgehead atoms. The van der Waals surface area contributed by atoms with E-state index in [1.807, 2.05) is 6.92 Å². The smallest absolute Gasteiger partial charge is 0.340 e. The molecule has 0 amide bonds. The first kappa shape index (κ1) is 14.6. The molecule has 0 saturated heterocycles. The van der Waals surface area contributed by atoms with Crippen LogP contribution < -0.4 is 5.32 Å². The summed E-state index contributed by atoms with van der Waals surface area (Å²) in [6.07, 6.45) is 0.791. The van der Waals surface area contributed by atoms with Gasteiger partial charge in [0.25, 0.3) is 0 Å². The first-order valence-electron chi connectivity index (χ1n) is 5.83. The number of hydrogen-bond acceptors (Lipinski definition) is 4. The minimum Gasteiger partial charge on any atom is -0.465 e. The maximum Gasteiger partial charge on any atom is 0.340 e. The third-order valence-electron chi connectivity index (χ3n) is 2.75. The minimum absolute atomic E-state index is 0.00616. The second kappa shape index (κ2) is 7.08. The van der Waals surface area contributed by atoms with Gasteiger partial charge in [0.15, 0.2) is 0 Å². The fourth-order valence-corrected chi connectivity index (χ4v) is 1.54. The number of carbonyl (C=O) groups is 1. The summed E-state index contributed by atoms with van der Waals surface area (Å²) in [4.78, 5) is 11.2. The van der Waals surface area contributed by atoms with Gasteiger partial charge in [-0.1, -0.05) is 13.0 Å². The average molecular weight is 255 g/mol. The van der Waals surface area contributed by atoms with Crippen molar-refractivity contribution in [2.75, 3.05) is 13.7 Å². The highest BCUT2D eigenvalue weighted by molar-refractivity contribution is 5.89. The van der Waals surface area contributed by atoms with E-state index in [1.54, 1.807) is 6.07 Å². The van der Waals surface area contributed by atoms with E-state index in [0.29, 0.717) is 12.1 Å². The lowest BCUT2D eigenvalue weighted by molar-refractivity contribution is 0.0595. The lowest BCUT2D eigenvalue weighted by Crippen LogP contribution is -2.31. The van der Waals surface area contributed by atoms with Crippen LogP contribution in [0.1, 0.15) is 29.3 Å². The highest BCUT2D eigenvalue weighted by atomic mass is 19.1. The van der Waals surface area contributed by atoms with Gasteiger partial charge in [0.05, 0.1) is 19.3 Å². The molecule has 5 heteroatoms. The Balaban J connectivity index is 2.70. The van der Waals surface area contributed by atoms with Crippen molar-refractivity contribution in [3.8, 4) is 0 Å². The highest BCUT2D eigenvalue weighted by Gasteiger charge is 2.12. The molecule has 4 nitrogen and oxygen atoms in total. The zero-order valence-electron chi connectivity index (χ0n) is 10.6. The third-order valence-corrected chi connectivity index (χ3v) is 2.75. The molecule has 2 N–H and O–H groups in total. The predicted molar refractivity (Wildman–Crippen MR) is 65.7 cm³/mol. The minimum atomic E-state index is -0.686. The molecule has 0 saturated carbocycles. The molecule has 1 aromatic rings. The number of ether oxygens (including phenoxy) is 1. The average Bonchev–Trinajstić information content (AvgIpc) is 2.39. The number of aliphatic hydroxyl groups excluding tert-OH is 1. The molecular formula is C13H18FNO3. The molecule has 0 fully saturated rings. The Labute approximate surface area is 106 Å². The summed E-state index contributed by atoms with van der Waals surface area (Å²) in [5.74, 6) is -1.29. The van der Waals surface area contributed by atoms with Crippen molar-refractivity contribution in [1.29, 1.82) is 0 Å². The number of methoxy groups -OCH3 is 1. The largest absolute Gasteiger partial charge is 0.465 e. The van der Waals surface area contributed by atoms with Crippen LogP contribution in [0.4, 0.5) is 4.39 Å². The molecule has 1 unspecified atom stereocenters. The lowest BCUT2D eigenvalue weighted by Gasteiger charge is -2.14. The maximum absolute atomic E-state index is 13.6. The molecule has 100 valence electrons. The maximum atomic E-state index is 13.6. The second-order valence-electron chi connectivity index (χ2n) is 3.97. The molecule has 0 radical (unpaired) electrons. The monoisotopic (exact) mass is 255 g/mol. The number of carbonyl (C=O) groups excluding carboxylic acids is 1. The van der Waals surface area contributed by atoms with Gasteiger partial charge in [0.2, 0.25) is 0 Å². The Bertz CT molecular complexity index is 405. The highest BCUT2D eigenvalue weighted by Crippen LogP contribution is 2.11. The number of aliphatic hydroxyl groups is 1. The molecular weight excluding hydrogens is 237 g/mol. The normalized spacial score (nSPS) is 12.2. The summed E-state index contributed by atoms with van der Waals surface area (Å²) in [6.45, 7) is 2.44. The Morgan fingerprint density at radius 3 is 2.78 bits per heavy atom. The molecule has 18 heavy (non-hydrogen) atoms. The van der Waals surface area contributed by atoms with Crippen molar-refractivity contribution < 1.29 is 19.0 Å². The third kappa shape index (κ3) is 3.78. The van der Waals surface area contributed by atoms with Crippen LogP contribution in [0.5, 0.6) is 0 Å². The molecule has 1 rings (SSSR count). The molecule has 0 aromatic heterocycles. The number of nitrogens with one attached hydrogen (secondary N) is 1. The topological polar surface area (TPSA) is 58.6 Å². The lowest BCUT2D eigenvalue weighted by atomic mass is 10.1. The van der Waals surface area contributed by atoms with Crippen molar-refractivity contribution in [2.24, 2.45) is 0 Å². The summed E-state index contributed by atoms with van der Waals surface area (Å²) in [6, 6.07) is 4.35. The van der Waals surface area contributed by atoms with E-state index in [4.69, 9.17) is 5.11 Å². The fourth-order valence-electron chi connectivity index (χ4n) is 1.54. The van der Waals surface area contributed by atoms with Gasteiger partial charge in [-0.15, -0.1) is 0 Å². The van der Waals surface area contributed by atoms with E-state index in [1.165, 1.54) is 19.2 Å². The van der Waals surface area contributed by atoms with Crippen LogP contribution in [0.25, 0.3) is 0 Å². The standard InChI is InChI=1S/C13H18FNO3/c1-3-10(8-16)15-7-9-4-5-11(12(14)6-9)13(17)18-2/h4-6,10,15-16H,3,7-8H2,1-2H3. The first-order chi connectivity index (χ1) is 8.62. The molecule has 0 aliphatic heterocycles. The van der Waals surface area contributed by atoms with Crippen LogP contribution in [-0.4, -0.2) is 30.8 Å². The van der Waals surface area contributed by atoms with Gasteiger partial charge < -0.3 is 15.2 Å². The van der Waals surface area contributed by atoms with E-state index in [0.717, 1.165) is 6.42 Å². The van der Waals surface area contributed by atoms with E-state index >= 15 is 0 Å². The number of halogens is 1. The van der Waals surface area contributed by atoms with Crippen LogP contribution in [0.2, 0.25) is 0 Å². The van der Waals surface area contributed by atoms with Crippen LogP contribution in [-0.2, 0) is 11.3 Å². The molecule has 0 aliphatic rings. The van der Waals surface area contributed by atoms with E-state index in [9.17, 15) is 9.18 Å². The molecule has 0 heterocycles. The second-order valence-corrected chi connectivity index (χ2v) is 3.97. The van der Waals surface area contributed by atoms with E-state index < -0.39 is 11.8 Å². The zero-order chi connectivity index (χ0) is 13.5. The van der Waals surface area contributed by atoms with E-state index in [2.05, 4.69) is 10.1 Å². The van der Waals surface area contributed by atoms with Crippen LogP contribution >= 0.6 is 0 Å². The van der Waals surface area contributed by atoms with Crippen molar-refractivity contribution in [3.05, 3.63) is 35.1 Å². The summed E-state index contributed by atoms with van der Waals surface area (Å²) in [7, 11) is 1.21. The van der Waals surface area contributed by atoms with Gasteiger partial charge in [0, 0.05) is 12.6 Å². The molecule has 0 spiro atoms. The molecule has 1 atom stereocenters. The quantitative estimate of drug-likeness (QED) is 0.756. The van der Waals surface area contributed by atoms with Gasteiger partial charge in [0.1, 0.15) is 5.82 Å². The van der Waals surface area contributed by atoms with Gasteiger partial charge >= 0.3 is 5.97 Å². The summed E-state index contributed by atoms with van der Waals surface area (Å²) >= 11 is 0. The molecule has 0 aliphatic carbocycles. The predicted octanol–water partition coefficient (Wildman–Crippen LogP) is 1.47. The SMILES string of the molecule is CCC(CO)NCc1ccc(C(=O)OC)c(F)c1. The van der Waals surface area contributed by atoms with Crippen LogP contribution in [0.15, 0.2) is 18.2 Å². The van der Waals surface area contributed by atoms with Gasteiger partial charge in [-0.2, -0.15) is 0 Å². The number of rotatable bonds is 6. The van der Waals surface area contributed by atoms with Crippen molar-refractivity contribution in [3.63, 3.8) is 0 Å². The fraction of sp³-hybridized carbons (Fsp3) is 0.462. The number of hydrogen-bond donors (Lipinski definition) is 2. The first-order valence-corrected chi connectivity index (χ1v) is 5.83. The Kier molecular flexibility index (Phi) is 5.74. The molecule has 1 aromatic carbocycles. The Hall–Kier alpha value is -1.46.